The minimum absolute atomic E-state index is 0. The minimum Gasteiger partial charge on any atom is -0.497 e. The largest absolute Gasteiger partial charge is 0.497 e. The summed E-state index contributed by atoms with van der Waals surface area (Å²) in [7, 11) is 5.76. The number of anilines is 1. The first kappa shape index (κ1) is 26.0. The van der Waals surface area contributed by atoms with Crippen LogP contribution in [0, 0.1) is 0 Å². The number of ether oxygens (including phenoxy) is 2. The van der Waals surface area contributed by atoms with Gasteiger partial charge in [0.1, 0.15) is 5.75 Å². The van der Waals surface area contributed by atoms with Crippen molar-refractivity contribution in [2.45, 2.75) is 26.4 Å². The fourth-order valence-corrected chi connectivity index (χ4v) is 2.70. The van der Waals surface area contributed by atoms with Gasteiger partial charge in [-0.15, -0.1) is 24.0 Å². The van der Waals surface area contributed by atoms with E-state index in [1.807, 2.05) is 45.3 Å². The van der Waals surface area contributed by atoms with Gasteiger partial charge in [0.05, 0.1) is 13.7 Å². The van der Waals surface area contributed by atoms with E-state index in [1.165, 1.54) is 11.3 Å². The molecule has 7 heteroatoms. The van der Waals surface area contributed by atoms with Crippen LogP contribution in [0.1, 0.15) is 24.5 Å². The lowest BCUT2D eigenvalue weighted by Gasteiger charge is -2.15. The Labute approximate surface area is 198 Å². The van der Waals surface area contributed by atoms with Crippen molar-refractivity contribution in [2.24, 2.45) is 4.99 Å². The molecule has 0 aliphatic carbocycles. The van der Waals surface area contributed by atoms with Crippen LogP contribution in [0.5, 0.6) is 5.75 Å². The molecule has 166 valence electrons. The molecule has 2 aromatic carbocycles. The minimum atomic E-state index is 0. The summed E-state index contributed by atoms with van der Waals surface area (Å²) < 4.78 is 10.6. The Balaban J connectivity index is 0.00000450. The lowest BCUT2D eigenvalue weighted by molar-refractivity contribution is 0.145. The maximum Gasteiger partial charge on any atom is 0.191 e. The van der Waals surface area contributed by atoms with Crippen molar-refractivity contribution in [1.29, 1.82) is 0 Å². The summed E-state index contributed by atoms with van der Waals surface area (Å²) in [6.45, 7) is 5.64. The molecule has 0 heterocycles. The number of benzene rings is 2. The number of nitrogens with one attached hydrogen (secondary N) is 2. The van der Waals surface area contributed by atoms with E-state index in [9.17, 15) is 0 Å². The molecule has 2 rings (SSSR count). The molecule has 0 fully saturated rings. The van der Waals surface area contributed by atoms with Gasteiger partial charge in [-0.1, -0.05) is 24.3 Å². The third-order valence-electron chi connectivity index (χ3n) is 4.45. The normalized spacial score (nSPS) is 10.9. The van der Waals surface area contributed by atoms with Gasteiger partial charge in [-0.25, -0.2) is 4.99 Å². The van der Waals surface area contributed by atoms with Gasteiger partial charge in [-0.2, -0.15) is 0 Å². The van der Waals surface area contributed by atoms with Crippen molar-refractivity contribution in [3.63, 3.8) is 0 Å². The van der Waals surface area contributed by atoms with Gasteiger partial charge in [0.15, 0.2) is 5.96 Å². The van der Waals surface area contributed by atoms with Crippen LogP contribution in [-0.4, -0.2) is 46.9 Å². The average molecular weight is 526 g/mol. The Hall–Kier alpha value is -2.00. The molecule has 0 aliphatic heterocycles. The molecular weight excluding hydrogens is 491 g/mol. The molecular formula is C23H35IN4O2. The number of nitrogens with zero attached hydrogens (tertiary/aromatic N) is 2. The Kier molecular flexibility index (Phi) is 12.9. The van der Waals surface area contributed by atoms with E-state index in [1.54, 1.807) is 7.11 Å². The van der Waals surface area contributed by atoms with Gasteiger partial charge in [-0.3, -0.25) is 0 Å². The highest BCUT2D eigenvalue weighted by atomic mass is 127. The van der Waals surface area contributed by atoms with E-state index in [4.69, 9.17) is 14.5 Å². The molecule has 0 saturated heterocycles. The van der Waals surface area contributed by atoms with E-state index in [0.29, 0.717) is 13.1 Å². The summed E-state index contributed by atoms with van der Waals surface area (Å²) in [5.74, 6) is 1.65. The van der Waals surface area contributed by atoms with E-state index in [-0.39, 0.29) is 24.0 Å². The third kappa shape index (κ3) is 9.67. The Morgan fingerprint density at radius 1 is 0.967 bits per heavy atom. The Morgan fingerprint density at radius 2 is 1.63 bits per heavy atom. The quantitative estimate of drug-likeness (QED) is 0.200. The molecule has 0 atom stereocenters. The third-order valence-corrected chi connectivity index (χ3v) is 4.45. The molecule has 0 bridgehead atoms. The van der Waals surface area contributed by atoms with Crippen molar-refractivity contribution in [2.75, 3.05) is 45.9 Å². The predicted octanol–water partition coefficient (Wildman–Crippen LogP) is 4.04. The van der Waals surface area contributed by atoms with Crippen LogP contribution >= 0.6 is 24.0 Å². The summed E-state index contributed by atoms with van der Waals surface area (Å²) in [6, 6.07) is 16.5. The average Bonchev–Trinajstić information content (AvgIpc) is 2.75. The Morgan fingerprint density at radius 3 is 2.23 bits per heavy atom. The molecule has 0 saturated carbocycles. The highest BCUT2D eigenvalue weighted by molar-refractivity contribution is 14.0. The second-order valence-electron chi connectivity index (χ2n) is 6.90. The lowest BCUT2D eigenvalue weighted by Crippen LogP contribution is -2.37. The highest BCUT2D eigenvalue weighted by Gasteiger charge is 2.02. The molecule has 2 aromatic rings. The zero-order chi connectivity index (χ0) is 20.9. The maximum atomic E-state index is 5.41. The number of halogens is 1. The molecule has 30 heavy (non-hydrogen) atoms. The monoisotopic (exact) mass is 526 g/mol. The van der Waals surface area contributed by atoms with Crippen LogP contribution in [0.3, 0.4) is 0 Å². The van der Waals surface area contributed by atoms with Crippen molar-refractivity contribution < 1.29 is 9.47 Å². The van der Waals surface area contributed by atoms with E-state index in [0.717, 1.165) is 43.5 Å². The number of rotatable bonds is 11. The second kappa shape index (κ2) is 14.9. The van der Waals surface area contributed by atoms with Gasteiger partial charge in [-0.05, 0) is 48.7 Å². The summed E-state index contributed by atoms with van der Waals surface area (Å²) >= 11 is 0. The van der Waals surface area contributed by atoms with Gasteiger partial charge in [0.2, 0.25) is 0 Å². The molecule has 0 amide bonds. The van der Waals surface area contributed by atoms with Crippen LogP contribution < -0.4 is 20.3 Å². The summed E-state index contributed by atoms with van der Waals surface area (Å²) in [4.78, 5) is 6.83. The number of guanidine groups is 1. The topological polar surface area (TPSA) is 58.1 Å². The second-order valence-corrected chi connectivity index (χ2v) is 6.90. The highest BCUT2D eigenvalue weighted by Crippen LogP contribution is 2.13. The molecule has 0 aliphatic rings. The van der Waals surface area contributed by atoms with Crippen LogP contribution in [0.4, 0.5) is 5.69 Å². The molecule has 0 radical (unpaired) electrons. The van der Waals surface area contributed by atoms with Gasteiger partial charge >= 0.3 is 0 Å². The number of methoxy groups -OCH3 is 1. The maximum absolute atomic E-state index is 5.41. The van der Waals surface area contributed by atoms with E-state index in [2.05, 4.69) is 39.8 Å². The van der Waals surface area contributed by atoms with E-state index >= 15 is 0 Å². The van der Waals surface area contributed by atoms with Crippen molar-refractivity contribution in [1.82, 2.24) is 10.6 Å². The first-order valence-electron chi connectivity index (χ1n) is 10.1. The first-order chi connectivity index (χ1) is 14.1. The molecule has 2 N–H and O–H groups in total. The molecule has 6 nitrogen and oxygen atoms in total. The van der Waals surface area contributed by atoms with Gasteiger partial charge in [0.25, 0.3) is 0 Å². The van der Waals surface area contributed by atoms with Crippen LogP contribution in [-0.2, 0) is 17.8 Å². The van der Waals surface area contributed by atoms with Crippen LogP contribution in [0.2, 0.25) is 0 Å². The van der Waals surface area contributed by atoms with Gasteiger partial charge < -0.3 is 25.0 Å². The molecule has 0 aromatic heterocycles. The predicted molar refractivity (Wildman–Crippen MR) is 136 cm³/mol. The number of aliphatic imine (C=N–C) groups is 1. The standard InChI is InChI=1S/C23H34N4O2.HI/c1-5-29-16-6-15-24-23(26-18-20-9-13-22(28-4)14-10-20)25-17-19-7-11-21(12-8-19)27(2)3;/h7-14H,5-6,15-18H2,1-4H3,(H2,24,25,26);1H. The van der Waals surface area contributed by atoms with Crippen LogP contribution in [0.15, 0.2) is 53.5 Å². The zero-order valence-corrected chi connectivity index (χ0v) is 20.8. The molecule has 0 unspecified atom stereocenters. The Bertz CT molecular complexity index is 734. The first-order valence-corrected chi connectivity index (χ1v) is 10.1. The fraction of sp³-hybridized carbons (Fsp3) is 0.435. The summed E-state index contributed by atoms with van der Waals surface area (Å²) in [6.07, 6.45) is 0.939. The van der Waals surface area contributed by atoms with E-state index < -0.39 is 0 Å². The number of hydrogen-bond acceptors (Lipinski definition) is 4. The summed E-state index contributed by atoms with van der Waals surface area (Å²) in [5.41, 5.74) is 3.54. The smallest absolute Gasteiger partial charge is 0.191 e. The zero-order valence-electron chi connectivity index (χ0n) is 18.5. The van der Waals surface area contributed by atoms with Crippen molar-refractivity contribution in [3.8, 4) is 5.75 Å². The van der Waals surface area contributed by atoms with Crippen LogP contribution in [0.25, 0.3) is 0 Å². The SMILES string of the molecule is CCOCCCNC(=NCc1ccc(OC)cc1)NCc1ccc(N(C)C)cc1.I. The van der Waals surface area contributed by atoms with Crippen molar-refractivity contribution >= 4 is 35.6 Å². The van der Waals surface area contributed by atoms with Gasteiger partial charge in [0, 0.05) is 46.1 Å². The molecule has 0 spiro atoms. The summed E-state index contributed by atoms with van der Waals surface area (Å²) in [5, 5.41) is 6.83. The van der Waals surface area contributed by atoms with Crippen molar-refractivity contribution in [3.05, 3.63) is 59.7 Å². The number of hydrogen-bond donors (Lipinski definition) is 2. The fourth-order valence-electron chi connectivity index (χ4n) is 2.70. The lowest BCUT2D eigenvalue weighted by atomic mass is 10.2.